The highest BCUT2D eigenvalue weighted by Crippen LogP contribution is 2.36. The second-order valence-electron chi connectivity index (χ2n) is 6.00. The molecular weight excluding hydrogens is 364 g/mol. The molecule has 138 valence electrons. The van der Waals surface area contributed by atoms with Crippen LogP contribution in [0.25, 0.3) is 11.3 Å². The first-order chi connectivity index (χ1) is 13.2. The molecule has 2 aromatic carbocycles. The van der Waals surface area contributed by atoms with Crippen LogP contribution in [0, 0.1) is 0 Å². The van der Waals surface area contributed by atoms with Crippen LogP contribution in [0.3, 0.4) is 0 Å². The fraction of sp³-hybridized carbons (Fsp3) is 0.200. The maximum absolute atomic E-state index is 12.2. The molecule has 0 saturated carbocycles. The zero-order valence-corrected chi connectivity index (χ0v) is 15.5. The Morgan fingerprint density at radius 1 is 1.19 bits per heavy atom. The van der Waals surface area contributed by atoms with Crippen LogP contribution in [-0.4, -0.2) is 24.8 Å². The van der Waals surface area contributed by atoms with E-state index in [-0.39, 0.29) is 12.7 Å². The molecule has 1 N–H and O–H groups in total. The van der Waals surface area contributed by atoms with Crippen molar-refractivity contribution in [1.82, 2.24) is 4.98 Å². The van der Waals surface area contributed by atoms with Gasteiger partial charge >= 0.3 is 0 Å². The minimum atomic E-state index is -0.0580. The lowest BCUT2D eigenvalue weighted by molar-refractivity contribution is -0.116. The molecule has 7 heteroatoms. The van der Waals surface area contributed by atoms with E-state index in [1.807, 2.05) is 47.8 Å². The second-order valence-corrected chi connectivity index (χ2v) is 6.86. The molecule has 3 aromatic rings. The Bertz CT molecular complexity index is 953. The zero-order chi connectivity index (χ0) is 18.6. The third kappa shape index (κ3) is 4.03. The summed E-state index contributed by atoms with van der Waals surface area (Å²) in [6.07, 6.45) is 1.06. The van der Waals surface area contributed by atoms with Gasteiger partial charge in [0.1, 0.15) is 5.75 Å². The molecule has 27 heavy (non-hydrogen) atoms. The number of nitrogens with zero attached hydrogens (tertiary/aromatic N) is 1. The summed E-state index contributed by atoms with van der Waals surface area (Å²) in [5, 5.41) is 5.36. The summed E-state index contributed by atoms with van der Waals surface area (Å²) in [4.78, 5) is 16.7. The third-order valence-electron chi connectivity index (χ3n) is 4.22. The number of fused-ring (bicyclic) bond motifs is 1. The Morgan fingerprint density at radius 2 is 2.00 bits per heavy atom. The van der Waals surface area contributed by atoms with E-state index < -0.39 is 0 Å². The molecule has 4 rings (SSSR count). The van der Waals surface area contributed by atoms with Gasteiger partial charge in [-0.3, -0.25) is 4.79 Å². The zero-order valence-electron chi connectivity index (χ0n) is 14.7. The summed E-state index contributed by atoms with van der Waals surface area (Å²) in [5.41, 5.74) is 2.81. The number of ether oxygens (including phenoxy) is 3. The van der Waals surface area contributed by atoms with Gasteiger partial charge in [-0.05, 0) is 42.3 Å². The topological polar surface area (TPSA) is 69.7 Å². The molecule has 0 spiro atoms. The van der Waals surface area contributed by atoms with Crippen LogP contribution in [0.5, 0.6) is 17.2 Å². The molecule has 0 aliphatic carbocycles. The molecule has 0 bridgehead atoms. The van der Waals surface area contributed by atoms with E-state index in [4.69, 9.17) is 14.2 Å². The summed E-state index contributed by atoms with van der Waals surface area (Å²) in [6, 6.07) is 13.4. The van der Waals surface area contributed by atoms with Gasteiger partial charge in [-0.25, -0.2) is 4.98 Å². The van der Waals surface area contributed by atoms with Crippen molar-refractivity contribution in [1.29, 1.82) is 0 Å². The molecule has 0 atom stereocenters. The summed E-state index contributed by atoms with van der Waals surface area (Å²) >= 11 is 1.40. The number of benzene rings is 2. The largest absolute Gasteiger partial charge is 0.497 e. The fourth-order valence-corrected chi connectivity index (χ4v) is 3.49. The number of rotatable bonds is 6. The average Bonchev–Trinajstić information content (AvgIpc) is 3.35. The van der Waals surface area contributed by atoms with Crippen molar-refractivity contribution >= 4 is 22.4 Å². The van der Waals surface area contributed by atoms with E-state index in [1.54, 1.807) is 7.11 Å². The normalized spacial score (nSPS) is 12.0. The van der Waals surface area contributed by atoms with Gasteiger partial charge in [0.15, 0.2) is 16.6 Å². The smallest absolute Gasteiger partial charge is 0.231 e. The van der Waals surface area contributed by atoms with E-state index in [0.29, 0.717) is 23.7 Å². The van der Waals surface area contributed by atoms with Gasteiger partial charge in [-0.15, -0.1) is 11.3 Å². The first-order valence-electron chi connectivity index (χ1n) is 8.49. The molecule has 1 aliphatic heterocycles. The minimum absolute atomic E-state index is 0.0580. The summed E-state index contributed by atoms with van der Waals surface area (Å²) in [6.45, 7) is 0.241. The number of hydrogen-bond donors (Lipinski definition) is 1. The van der Waals surface area contributed by atoms with E-state index >= 15 is 0 Å². The molecule has 0 radical (unpaired) electrons. The van der Waals surface area contributed by atoms with Gasteiger partial charge < -0.3 is 19.5 Å². The summed E-state index contributed by atoms with van der Waals surface area (Å²) in [5.74, 6) is 2.20. The van der Waals surface area contributed by atoms with Crippen LogP contribution in [0.2, 0.25) is 0 Å². The third-order valence-corrected chi connectivity index (χ3v) is 4.98. The number of nitrogens with one attached hydrogen (secondary N) is 1. The van der Waals surface area contributed by atoms with Crippen molar-refractivity contribution in [3.8, 4) is 28.5 Å². The predicted octanol–water partition coefficient (Wildman–Crippen LogP) is 4.12. The molecule has 0 fully saturated rings. The second kappa shape index (κ2) is 7.67. The number of carbonyl (C=O) groups is 1. The number of methoxy groups -OCH3 is 1. The molecule has 0 unspecified atom stereocenters. The van der Waals surface area contributed by atoms with Crippen molar-refractivity contribution in [2.45, 2.75) is 12.8 Å². The van der Waals surface area contributed by atoms with Gasteiger partial charge in [-0.2, -0.15) is 0 Å². The van der Waals surface area contributed by atoms with E-state index in [1.165, 1.54) is 11.3 Å². The first kappa shape index (κ1) is 17.4. The Hall–Kier alpha value is -3.06. The highest BCUT2D eigenvalue weighted by atomic mass is 32.1. The molecule has 2 heterocycles. The molecule has 6 nitrogen and oxygen atoms in total. The monoisotopic (exact) mass is 382 g/mol. The van der Waals surface area contributed by atoms with E-state index in [9.17, 15) is 4.79 Å². The number of anilines is 1. The highest BCUT2D eigenvalue weighted by Gasteiger charge is 2.15. The standard InChI is InChI=1S/C20H18N2O4S/c1-24-15-6-2-13(3-7-15)4-9-19(23)22-20-21-16(11-27-20)14-5-8-17-18(10-14)26-12-25-17/h2-3,5-8,10-11H,4,9,12H2,1H3,(H,21,22,23). The predicted molar refractivity (Wildman–Crippen MR) is 104 cm³/mol. The minimum Gasteiger partial charge on any atom is -0.497 e. The SMILES string of the molecule is COc1ccc(CCC(=O)Nc2nc(-c3ccc4c(c3)OCO4)cs2)cc1. The number of aryl methyl sites for hydroxylation is 1. The molecule has 1 aromatic heterocycles. The lowest BCUT2D eigenvalue weighted by Crippen LogP contribution is -2.12. The van der Waals surface area contributed by atoms with Gasteiger partial charge in [0.25, 0.3) is 0 Å². The van der Waals surface area contributed by atoms with Crippen molar-refractivity contribution in [3.05, 3.63) is 53.4 Å². The average molecular weight is 382 g/mol. The number of aromatic nitrogens is 1. The highest BCUT2D eigenvalue weighted by molar-refractivity contribution is 7.14. The van der Waals surface area contributed by atoms with Crippen LogP contribution in [-0.2, 0) is 11.2 Å². The molecule has 0 saturated heterocycles. The van der Waals surface area contributed by atoms with Crippen LogP contribution in [0.4, 0.5) is 5.13 Å². The first-order valence-corrected chi connectivity index (χ1v) is 9.37. The van der Waals surface area contributed by atoms with Gasteiger partial charge in [-0.1, -0.05) is 12.1 Å². The van der Waals surface area contributed by atoms with Gasteiger partial charge in [0.2, 0.25) is 12.7 Å². The number of amides is 1. The fourth-order valence-electron chi connectivity index (χ4n) is 2.75. The molecular formula is C20H18N2O4S. The Balaban J connectivity index is 1.35. The Morgan fingerprint density at radius 3 is 2.81 bits per heavy atom. The summed E-state index contributed by atoms with van der Waals surface area (Å²) < 4.78 is 15.9. The Labute approximate surface area is 160 Å². The Kier molecular flexibility index (Phi) is 4.93. The number of carbonyl (C=O) groups excluding carboxylic acids is 1. The molecule has 1 amide bonds. The lowest BCUT2D eigenvalue weighted by Gasteiger charge is -2.04. The van der Waals surface area contributed by atoms with Gasteiger partial charge in [0.05, 0.1) is 12.8 Å². The van der Waals surface area contributed by atoms with Crippen molar-refractivity contribution in [3.63, 3.8) is 0 Å². The number of hydrogen-bond acceptors (Lipinski definition) is 6. The quantitative estimate of drug-likeness (QED) is 0.694. The van der Waals surface area contributed by atoms with Crippen molar-refractivity contribution in [2.75, 3.05) is 19.2 Å². The number of thiazole rings is 1. The van der Waals surface area contributed by atoms with Crippen LogP contribution >= 0.6 is 11.3 Å². The van der Waals surface area contributed by atoms with E-state index in [0.717, 1.165) is 28.3 Å². The molecule has 1 aliphatic rings. The lowest BCUT2D eigenvalue weighted by atomic mass is 10.1. The van der Waals surface area contributed by atoms with E-state index in [2.05, 4.69) is 10.3 Å². The van der Waals surface area contributed by atoms with Crippen molar-refractivity contribution < 1.29 is 19.0 Å². The maximum Gasteiger partial charge on any atom is 0.231 e. The van der Waals surface area contributed by atoms with Crippen molar-refractivity contribution in [2.24, 2.45) is 0 Å². The van der Waals surface area contributed by atoms with Crippen LogP contribution in [0.15, 0.2) is 47.8 Å². The van der Waals surface area contributed by atoms with Crippen LogP contribution < -0.4 is 19.5 Å². The maximum atomic E-state index is 12.2. The van der Waals surface area contributed by atoms with Crippen LogP contribution in [0.1, 0.15) is 12.0 Å². The van der Waals surface area contributed by atoms with Gasteiger partial charge in [0, 0.05) is 17.4 Å². The summed E-state index contributed by atoms with van der Waals surface area (Å²) in [7, 11) is 1.63.